The van der Waals surface area contributed by atoms with Crippen LogP contribution in [0, 0.1) is 17.0 Å². The van der Waals surface area contributed by atoms with Crippen molar-refractivity contribution in [3.63, 3.8) is 0 Å². The predicted molar refractivity (Wildman–Crippen MR) is 70.2 cm³/mol. The van der Waals surface area contributed by atoms with E-state index in [9.17, 15) is 14.9 Å². The summed E-state index contributed by atoms with van der Waals surface area (Å²) in [4.78, 5) is 22.3. The number of benzene rings is 1. The number of hydrogen-bond donors (Lipinski definition) is 0. The Bertz CT molecular complexity index is 590. The van der Waals surface area contributed by atoms with E-state index in [1.54, 1.807) is 13.0 Å². The van der Waals surface area contributed by atoms with Crippen LogP contribution in [0.5, 0.6) is 0 Å². The van der Waals surface area contributed by atoms with Crippen LogP contribution in [0.1, 0.15) is 21.5 Å². The van der Waals surface area contributed by atoms with Crippen LogP contribution in [0.3, 0.4) is 0 Å². The molecule has 92 valence electrons. The zero-order valence-corrected chi connectivity index (χ0v) is 10.6. The molecule has 1 aromatic heterocycles. The van der Waals surface area contributed by atoms with Gasteiger partial charge < -0.3 is 0 Å². The predicted octanol–water partition coefficient (Wildman–Crippen LogP) is 3.39. The Hall–Kier alpha value is -2.01. The highest BCUT2D eigenvalue weighted by atomic mass is 32.1. The Balaban J connectivity index is 2.29. The normalized spacial score (nSPS) is 10.3. The molecule has 0 saturated heterocycles. The number of non-ortho nitro benzene ring substituents is 1. The minimum Gasteiger partial charge on any atom is -0.294 e. The first-order valence-electron chi connectivity index (χ1n) is 5.37. The third-order valence-electron chi connectivity index (χ3n) is 2.68. The van der Waals surface area contributed by atoms with Crippen LogP contribution >= 0.6 is 11.3 Å². The Morgan fingerprint density at radius 2 is 2.17 bits per heavy atom. The van der Waals surface area contributed by atoms with Crippen molar-refractivity contribution in [3.8, 4) is 0 Å². The molecule has 0 aliphatic rings. The second-order valence-electron chi connectivity index (χ2n) is 3.99. The molecule has 0 unspecified atom stereocenters. The number of thiophene rings is 1. The molecule has 5 heteroatoms. The number of nitro groups is 1. The van der Waals surface area contributed by atoms with E-state index in [1.165, 1.54) is 23.5 Å². The number of ketones is 1. The molecule has 0 amide bonds. The molecular formula is C13H11NO3S. The van der Waals surface area contributed by atoms with Gasteiger partial charge in [0.2, 0.25) is 0 Å². The lowest BCUT2D eigenvalue weighted by Gasteiger charge is -2.04. The van der Waals surface area contributed by atoms with Crippen molar-refractivity contribution >= 4 is 22.8 Å². The zero-order valence-electron chi connectivity index (χ0n) is 9.75. The third kappa shape index (κ3) is 2.62. The summed E-state index contributed by atoms with van der Waals surface area (Å²) in [6.45, 7) is 1.78. The van der Waals surface area contributed by atoms with Gasteiger partial charge in [0.25, 0.3) is 5.69 Å². The first-order valence-corrected chi connectivity index (χ1v) is 6.31. The lowest BCUT2D eigenvalue weighted by atomic mass is 10.00. The van der Waals surface area contributed by atoms with E-state index < -0.39 is 4.92 Å². The fourth-order valence-electron chi connectivity index (χ4n) is 1.70. The Morgan fingerprint density at radius 1 is 1.39 bits per heavy atom. The highest BCUT2D eigenvalue weighted by Crippen LogP contribution is 2.19. The Morgan fingerprint density at radius 3 is 2.78 bits per heavy atom. The Kier molecular flexibility index (Phi) is 3.53. The van der Waals surface area contributed by atoms with Crippen LogP contribution in [0.25, 0.3) is 0 Å². The third-order valence-corrected chi connectivity index (χ3v) is 3.41. The van der Waals surface area contributed by atoms with Gasteiger partial charge in [0.15, 0.2) is 5.78 Å². The van der Waals surface area contributed by atoms with Crippen molar-refractivity contribution in [2.45, 2.75) is 13.3 Å². The molecule has 0 aliphatic heterocycles. The minimum absolute atomic E-state index is 0.0470. The summed E-state index contributed by atoms with van der Waals surface area (Å²) in [6.07, 6.45) is 0.283. The van der Waals surface area contributed by atoms with Crippen LogP contribution in [-0.2, 0) is 6.42 Å². The monoisotopic (exact) mass is 261 g/mol. The van der Waals surface area contributed by atoms with E-state index in [4.69, 9.17) is 0 Å². The van der Waals surface area contributed by atoms with Crippen LogP contribution in [0.2, 0.25) is 0 Å². The summed E-state index contributed by atoms with van der Waals surface area (Å²) >= 11 is 1.53. The molecule has 0 atom stereocenters. The molecule has 0 radical (unpaired) electrons. The van der Waals surface area contributed by atoms with Crippen molar-refractivity contribution < 1.29 is 9.72 Å². The van der Waals surface area contributed by atoms with Gasteiger partial charge in [-0.1, -0.05) is 6.07 Å². The van der Waals surface area contributed by atoms with Gasteiger partial charge in [0.1, 0.15) is 0 Å². The second kappa shape index (κ2) is 5.10. The Labute approximate surface area is 108 Å². The molecule has 0 bridgehead atoms. The van der Waals surface area contributed by atoms with Gasteiger partial charge in [-0.05, 0) is 34.9 Å². The van der Waals surface area contributed by atoms with E-state index in [0.717, 1.165) is 11.1 Å². The van der Waals surface area contributed by atoms with Crippen molar-refractivity contribution in [3.05, 3.63) is 61.8 Å². The van der Waals surface area contributed by atoms with Gasteiger partial charge >= 0.3 is 0 Å². The second-order valence-corrected chi connectivity index (χ2v) is 4.77. The van der Waals surface area contributed by atoms with Crippen molar-refractivity contribution in [2.75, 3.05) is 0 Å². The van der Waals surface area contributed by atoms with E-state index in [1.807, 2.05) is 16.8 Å². The van der Waals surface area contributed by atoms with E-state index in [2.05, 4.69) is 0 Å². The van der Waals surface area contributed by atoms with Gasteiger partial charge in [-0.15, -0.1) is 0 Å². The lowest BCUT2D eigenvalue weighted by molar-refractivity contribution is -0.384. The van der Waals surface area contributed by atoms with Gasteiger partial charge in [0.05, 0.1) is 4.92 Å². The van der Waals surface area contributed by atoms with Gasteiger partial charge in [-0.25, -0.2) is 0 Å². The number of hydrogen-bond acceptors (Lipinski definition) is 4. The standard InChI is InChI=1S/C13H11NO3S/c1-9-2-3-11(14(16)17)7-12(9)13(15)6-10-4-5-18-8-10/h2-5,7-8H,6H2,1H3. The molecule has 2 aromatic rings. The van der Waals surface area contributed by atoms with Gasteiger partial charge in [-0.2, -0.15) is 11.3 Å². The first-order chi connectivity index (χ1) is 8.58. The smallest absolute Gasteiger partial charge is 0.270 e. The average molecular weight is 261 g/mol. The SMILES string of the molecule is Cc1ccc([N+](=O)[O-])cc1C(=O)Cc1ccsc1. The van der Waals surface area contributed by atoms with Crippen LogP contribution in [0.15, 0.2) is 35.0 Å². The van der Waals surface area contributed by atoms with E-state index in [0.29, 0.717) is 5.56 Å². The number of aryl methyl sites for hydroxylation is 1. The fourth-order valence-corrected chi connectivity index (χ4v) is 2.37. The number of nitro benzene ring substituents is 1. The number of rotatable bonds is 4. The highest BCUT2D eigenvalue weighted by molar-refractivity contribution is 7.08. The molecule has 18 heavy (non-hydrogen) atoms. The van der Waals surface area contributed by atoms with Gasteiger partial charge in [0, 0.05) is 24.1 Å². The number of Topliss-reactive ketones (excluding diaryl/α,β-unsaturated/α-hetero) is 1. The van der Waals surface area contributed by atoms with E-state index >= 15 is 0 Å². The molecule has 1 heterocycles. The quantitative estimate of drug-likeness (QED) is 0.481. The highest BCUT2D eigenvalue weighted by Gasteiger charge is 2.15. The van der Waals surface area contributed by atoms with Crippen LogP contribution < -0.4 is 0 Å². The maximum atomic E-state index is 12.1. The first kappa shape index (κ1) is 12.4. The summed E-state index contributed by atoms with van der Waals surface area (Å²) in [7, 11) is 0. The van der Waals surface area contributed by atoms with Crippen LogP contribution in [-0.4, -0.2) is 10.7 Å². The molecule has 0 aliphatic carbocycles. The van der Waals surface area contributed by atoms with Gasteiger partial charge in [-0.3, -0.25) is 14.9 Å². The zero-order chi connectivity index (χ0) is 13.1. The summed E-state index contributed by atoms with van der Waals surface area (Å²) < 4.78 is 0. The average Bonchev–Trinajstić information content (AvgIpc) is 2.81. The van der Waals surface area contributed by atoms with Crippen molar-refractivity contribution in [1.29, 1.82) is 0 Å². The summed E-state index contributed by atoms with van der Waals surface area (Å²) in [5, 5.41) is 14.5. The lowest BCUT2D eigenvalue weighted by Crippen LogP contribution is -2.05. The maximum absolute atomic E-state index is 12.1. The minimum atomic E-state index is -0.485. The molecule has 0 saturated carbocycles. The number of carbonyl (C=O) groups is 1. The maximum Gasteiger partial charge on any atom is 0.270 e. The largest absolute Gasteiger partial charge is 0.294 e. The molecule has 4 nitrogen and oxygen atoms in total. The molecule has 2 rings (SSSR count). The molecule has 0 N–H and O–H groups in total. The molecular weight excluding hydrogens is 250 g/mol. The molecule has 0 spiro atoms. The van der Waals surface area contributed by atoms with Crippen LogP contribution in [0.4, 0.5) is 5.69 Å². The number of nitrogens with zero attached hydrogens (tertiary/aromatic N) is 1. The van der Waals surface area contributed by atoms with Crippen molar-refractivity contribution in [2.24, 2.45) is 0 Å². The summed E-state index contributed by atoms with van der Waals surface area (Å²) in [6, 6.07) is 6.26. The molecule has 0 fully saturated rings. The van der Waals surface area contributed by atoms with E-state index in [-0.39, 0.29) is 17.9 Å². The molecule has 1 aromatic carbocycles. The summed E-state index contributed by atoms with van der Waals surface area (Å²) in [5.74, 6) is -0.0883. The van der Waals surface area contributed by atoms with Crippen molar-refractivity contribution in [1.82, 2.24) is 0 Å². The number of carbonyl (C=O) groups excluding carboxylic acids is 1. The fraction of sp³-hybridized carbons (Fsp3) is 0.154. The summed E-state index contributed by atoms with van der Waals surface area (Å²) in [5.41, 5.74) is 2.08. The topological polar surface area (TPSA) is 60.2 Å².